The zero-order valence-electron chi connectivity index (χ0n) is 9.91. The van der Waals surface area contributed by atoms with Crippen LogP contribution in [-0.2, 0) is 4.79 Å². The minimum absolute atomic E-state index is 0.0181. The molecule has 1 amide bonds. The van der Waals surface area contributed by atoms with Crippen LogP contribution in [0.15, 0.2) is 0 Å². The van der Waals surface area contributed by atoms with Gasteiger partial charge in [-0.05, 0) is 40.3 Å². The van der Waals surface area contributed by atoms with Crippen molar-refractivity contribution in [2.75, 3.05) is 18.9 Å². The first-order valence-corrected chi connectivity index (χ1v) is 6.34. The molecule has 0 aromatic carbocycles. The molecule has 2 rings (SSSR count). The Hall–Kier alpha value is -0.940. The Bertz CT molecular complexity index is 382. The molecular weight excluding hydrogens is 222 g/mol. The lowest BCUT2D eigenvalue weighted by molar-refractivity contribution is -0.119. The van der Waals surface area contributed by atoms with Gasteiger partial charge in [0, 0.05) is 4.88 Å². The Morgan fingerprint density at radius 1 is 1.56 bits per heavy atom. The Balaban J connectivity index is 2.01. The molecule has 1 aromatic rings. The lowest BCUT2D eigenvalue weighted by atomic mass is 10.2. The average molecular weight is 239 g/mol. The second-order valence-corrected chi connectivity index (χ2v) is 5.49. The van der Waals surface area contributed by atoms with Crippen molar-refractivity contribution in [3.8, 4) is 0 Å². The van der Waals surface area contributed by atoms with Gasteiger partial charge in [-0.25, -0.2) is 4.98 Å². The van der Waals surface area contributed by atoms with Gasteiger partial charge >= 0.3 is 0 Å². The maximum absolute atomic E-state index is 12.0. The molecule has 4 nitrogen and oxygen atoms in total. The molecule has 5 heteroatoms. The predicted molar refractivity (Wildman–Crippen MR) is 65.9 cm³/mol. The fourth-order valence-corrected chi connectivity index (χ4v) is 2.77. The van der Waals surface area contributed by atoms with Crippen LogP contribution in [0.2, 0.25) is 0 Å². The van der Waals surface area contributed by atoms with Crippen molar-refractivity contribution >= 4 is 22.4 Å². The highest BCUT2D eigenvalue weighted by Gasteiger charge is 2.28. The topological polar surface area (TPSA) is 45.2 Å². The molecule has 1 atom stereocenters. The zero-order chi connectivity index (χ0) is 11.7. The summed E-state index contributed by atoms with van der Waals surface area (Å²) in [7, 11) is 2.00. The van der Waals surface area contributed by atoms with Crippen LogP contribution < -0.4 is 5.32 Å². The van der Waals surface area contributed by atoms with Crippen LogP contribution in [0, 0.1) is 13.8 Å². The number of carbonyl (C=O) groups is 1. The second-order valence-electron chi connectivity index (χ2n) is 4.29. The molecule has 0 radical (unpaired) electrons. The zero-order valence-corrected chi connectivity index (χ0v) is 10.7. The van der Waals surface area contributed by atoms with Crippen LogP contribution in [0.25, 0.3) is 0 Å². The summed E-state index contributed by atoms with van der Waals surface area (Å²) in [6.45, 7) is 4.99. The first kappa shape index (κ1) is 11.5. The highest BCUT2D eigenvalue weighted by atomic mass is 32.1. The van der Waals surface area contributed by atoms with Crippen LogP contribution in [-0.4, -0.2) is 35.4 Å². The molecule has 1 aliphatic heterocycles. The van der Waals surface area contributed by atoms with E-state index in [0.717, 1.165) is 35.1 Å². The van der Waals surface area contributed by atoms with Gasteiger partial charge < -0.3 is 5.32 Å². The quantitative estimate of drug-likeness (QED) is 0.856. The first-order valence-electron chi connectivity index (χ1n) is 5.53. The maximum atomic E-state index is 12.0. The number of anilines is 1. The van der Waals surface area contributed by atoms with Gasteiger partial charge in [-0.3, -0.25) is 9.69 Å². The van der Waals surface area contributed by atoms with Gasteiger partial charge in [0.05, 0.1) is 11.7 Å². The van der Waals surface area contributed by atoms with Gasteiger partial charge in [0.1, 0.15) is 0 Å². The minimum atomic E-state index is 0.0181. The van der Waals surface area contributed by atoms with E-state index in [4.69, 9.17) is 0 Å². The van der Waals surface area contributed by atoms with Crippen molar-refractivity contribution in [2.45, 2.75) is 32.7 Å². The average Bonchev–Trinajstić information content (AvgIpc) is 2.74. The fraction of sp³-hybridized carbons (Fsp3) is 0.636. The fourth-order valence-electron chi connectivity index (χ4n) is 1.96. The number of thiazole rings is 1. The van der Waals surface area contributed by atoms with E-state index in [9.17, 15) is 4.79 Å². The first-order chi connectivity index (χ1) is 7.58. The van der Waals surface area contributed by atoms with Crippen molar-refractivity contribution in [1.82, 2.24) is 9.88 Å². The molecule has 0 bridgehead atoms. The smallest absolute Gasteiger partial charge is 0.243 e. The highest BCUT2D eigenvalue weighted by Crippen LogP contribution is 2.23. The number of aromatic nitrogens is 1. The number of amides is 1. The molecule has 16 heavy (non-hydrogen) atoms. The van der Waals surface area contributed by atoms with Crippen molar-refractivity contribution in [3.05, 3.63) is 10.6 Å². The molecule has 0 saturated carbocycles. The molecule has 1 fully saturated rings. The van der Waals surface area contributed by atoms with Crippen LogP contribution in [0.3, 0.4) is 0 Å². The van der Waals surface area contributed by atoms with Crippen molar-refractivity contribution < 1.29 is 4.79 Å². The number of nitrogens with one attached hydrogen (secondary N) is 1. The number of nitrogens with zero attached hydrogens (tertiary/aromatic N) is 2. The van der Waals surface area contributed by atoms with Gasteiger partial charge in [-0.2, -0.15) is 0 Å². The van der Waals surface area contributed by atoms with Gasteiger partial charge in [0.25, 0.3) is 0 Å². The second kappa shape index (κ2) is 4.51. The summed E-state index contributed by atoms with van der Waals surface area (Å²) in [5.74, 6) is 0.0775. The van der Waals surface area contributed by atoms with Crippen molar-refractivity contribution in [1.29, 1.82) is 0 Å². The predicted octanol–water partition coefficient (Wildman–Crippen LogP) is 1.79. The summed E-state index contributed by atoms with van der Waals surface area (Å²) in [5.41, 5.74) is 1.00. The molecule has 0 spiro atoms. The Morgan fingerprint density at radius 2 is 2.31 bits per heavy atom. The molecule has 1 saturated heterocycles. The van der Waals surface area contributed by atoms with Gasteiger partial charge in [0.15, 0.2) is 5.13 Å². The Kier molecular flexibility index (Phi) is 3.25. The molecule has 88 valence electrons. The van der Waals surface area contributed by atoms with E-state index in [0.29, 0.717) is 0 Å². The summed E-state index contributed by atoms with van der Waals surface area (Å²) < 4.78 is 0. The lowest BCUT2D eigenvalue weighted by Gasteiger charge is -2.17. The SMILES string of the molecule is Cc1nc(NC(=O)[C@@H]2CCCN2C)sc1C. The summed E-state index contributed by atoms with van der Waals surface area (Å²) in [6, 6.07) is 0.0181. The maximum Gasteiger partial charge on any atom is 0.243 e. The van der Waals surface area contributed by atoms with E-state index in [1.165, 1.54) is 0 Å². The summed E-state index contributed by atoms with van der Waals surface area (Å²) in [4.78, 5) is 19.5. The highest BCUT2D eigenvalue weighted by molar-refractivity contribution is 7.15. The molecule has 0 unspecified atom stereocenters. The molecule has 0 aliphatic carbocycles. The molecule has 1 aliphatic rings. The number of hydrogen-bond donors (Lipinski definition) is 1. The normalized spacial score (nSPS) is 21.3. The third kappa shape index (κ3) is 2.25. The molecule has 1 N–H and O–H groups in total. The minimum Gasteiger partial charge on any atom is -0.301 e. The van der Waals surface area contributed by atoms with E-state index in [2.05, 4.69) is 15.2 Å². The van der Waals surface area contributed by atoms with Crippen molar-refractivity contribution in [3.63, 3.8) is 0 Å². The van der Waals surface area contributed by atoms with Crippen molar-refractivity contribution in [2.24, 2.45) is 0 Å². The third-order valence-corrected chi connectivity index (χ3v) is 4.07. The number of carbonyl (C=O) groups excluding carboxylic acids is 1. The van der Waals surface area contributed by atoms with Crippen LogP contribution >= 0.6 is 11.3 Å². The monoisotopic (exact) mass is 239 g/mol. The third-order valence-electron chi connectivity index (χ3n) is 3.08. The van der Waals surface area contributed by atoms with E-state index in [1.807, 2.05) is 20.9 Å². The number of likely N-dealkylation sites (N-methyl/N-ethyl adjacent to an activating group) is 1. The van der Waals surface area contributed by atoms with Crippen LogP contribution in [0.5, 0.6) is 0 Å². The summed E-state index contributed by atoms with van der Waals surface area (Å²) >= 11 is 1.54. The molecule has 1 aromatic heterocycles. The summed E-state index contributed by atoms with van der Waals surface area (Å²) in [5, 5.41) is 3.63. The van der Waals surface area contributed by atoms with E-state index in [-0.39, 0.29) is 11.9 Å². The van der Waals surface area contributed by atoms with E-state index in [1.54, 1.807) is 11.3 Å². The largest absolute Gasteiger partial charge is 0.301 e. The van der Waals surface area contributed by atoms with Crippen LogP contribution in [0.1, 0.15) is 23.4 Å². The number of hydrogen-bond acceptors (Lipinski definition) is 4. The standard InChI is InChI=1S/C11H17N3OS/c1-7-8(2)16-11(12-7)13-10(15)9-5-4-6-14(9)3/h9H,4-6H2,1-3H3,(H,12,13,15)/t9-/m0/s1. The number of likely N-dealkylation sites (tertiary alicyclic amines) is 1. The van der Waals surface area contributed by atoms with Gasteiger partial charge in [-0.15, -0.1) is 11.3 Å². The van der Waals surface area contributed by atoms with Gasteiger partial charge in [0.2, 0.25) is 5.91 Å². The lowest BCUT2D eigenvalue weighted by Crippen LogP contribution is -2.37. The van der Waals surface area contributed by atoms with Gasteiger partial charge in [-0.1, -0.05) is 0 Å². The Labute approximate surface area is 99.7 Å². The number of aryl methyl sites for hydroxylation is 2. The molecular formula is C11H17N3OS. The number of rotatable bonds is 2. The van der Waals surface area contributed by atoms with Crippen LogP contribution in [0.4, 0.5) is 5.13 Å². The van der Waals surface area contributed by atoms with E-state index >= 15 is 0 Å². The summed E-state index contributed by atoms with van der Waals surface area (Å²) in [6.07, 6.45) is 2.05. The van der Waals surface area contributed by atoms with E-state index < -0.39 is 0 Å². The molecule has 2 heterocycles. The Morgan fingerprint density at radius 3 is 2.81 bits per heavy atom.